The standard InChI is InChI=1S/C14H24F4O2/c1-12(2,3)11(19)20-10-8-6-5-7-9-14(17,18)13(4,15)16/h5-10H2,1-4H3. The minimum Gasteiger partial charge on any atom is -0.465 e. The van der Waals surface area contributed by atoms with E-state index in [1.807, 2.05) is 0 Å². The Morgan fingerprint density at radius 2 is 1.40 bits per heavy atom. The molecule has 0 spiro atoms. The second-order valence-electron chi connectivity index (χ2n) is 6.14. The van der Waals surface area contributed by atoms with Gasteiger partial charge in [-0.15, -0.1) is 0 Å². The van der Waals surface area contributed by atoms with Crippen molar-refractivity contribution in [3.8, 4) is 0 Å². The van der Waals surface area contributed by atoms with Crippen molar-refractivity contribution < 1.29 is 27.1 Å². The molecule has 20 heavy (non-hydrogen) atoms. The molecule has 0 fully saturated rings. The molecule has 0 atom stereocenters. The van der Waals surface area contributed by atoms with Crippen molar-refractivity contribution in [2.75, 3.05) is 6.61 Å². The fourth-order valence-electron chi connectivity index (χ4n) is 1.40. The molecule has 0 aliphatic carbocycles. The highest BCUT2D eigenvalue weighted by Crippen LogP contribution is 2.37. The summed E-state index contributed by atoms with van der Waals surface area (Å²) in [6.45, 7) is 5.68. The van der Waals surface area contributed by atoms with Gasteiger partial charge in [-0.1, -0.05) is 12.8 Å². The summed E-state index contributed by atoms with van der Waals surface area (Å²) in [4.78, 5) is 11.4. The lowest BCUT2D eigenvalue weighted by atomic mass is 9.97. The molecule has 0 heterocycles. The molecule has 0 saturated heterocycles. The number of alkyl halides is 4. The van der Waals surface area contributed by atoms with Crippen molar-refractivity contribution in [1.29, 1.82) is 0 Å². The summed E-state index contributed by atoms with van der Waals surface area (Å²) in [5.74, 6) is -8.24. The van der Waals surface area contributed by atoms with E-state index in [4.69, 9.17) is 4.74 Å². The lowest BCUT2D eigenvalue weighted by Crippen LogP contribution is -2.37. The Labute approximate surface area is 117 Å². The van der Waals surface area contributed by atoms with Gasteiger partial charge in [0.1, 0.15) is 0 Å². The molecule has 0 aromatic carbocycles. The second-order valence-corrected chi connectivity index (χ2v) is 6.14. The zero-order valence-corrected chi connectivity index (χ0v) is 12.6. The molecule has 0 aliphatic rings. The number of hydrogen-bond acceptors (Lipinski definition) is 2. The number of ether oxygens (including phenoxy) is 1. The molecule has 0 bridgehead atoms. The van der Waals surface area contributed by atoms with Crippen LogP contribution in [0.1, 0.15) is 59.8 Å². The fraction of sp³-hybridized carbons (Fsp3) is 0.929. The average molecular weight is 300 g/mol. The van der Waals surface area contributed by atoms with Gasteiger partial charge in [-0.3, -0.25) is 4.79 Å². The molecule has 120 valence electrons. The highest BCUT2D eigenvalue weighted by atomic mass is 19.3. The van der Waals surface area contributed by atoms with Gasteiger partial charge in [0.05, 0.1) is 12.0 Å². The topological polar surface area (TPSA) is 26.3 Å². The van der Waals surface area contributed by atoms with Crippen molar-refractivity contribution in [3.63, 3.8) is 0 Å². The van der Waals surface area contributed by atoms with Crippen LogP contribution in [0, 0.1) is 5.41 Å². The Morgan fingerprint density at radius 1 is 0.900 bits per heavy atom. The van der Waals surface area contributed by atoms with Crippen LogP contribution in [0.4, 0.5) is 17.6 Å². The molecule has 0 aliphatic heterocycles. The van der Waals surface area contributed by atoms with Crippen LogP contribution in [0.2, 0.25) is 0 Å². The van der Waals surface area contributed by atoms with Gasteiger partial charge in [0.2, 0.25) is 0 Å². The minimum absolute atomic E-state index is 0.0314. The van der Waals surface area contributed by atoms with Crippen molar-refractivity contribution in [2.45, 2.75) is 71.6 Å². The van der Waals surface area contributed by atoms with Gasteiger partial charge < -0.3 is 4.74 Å². The first-order chi connectivity index (χ1) is 8.88. The van der Waals surface area contributed by atoms with Gasteiger partial charge in [0.25, 0.3) is 0 Å². The van der Waals surface area contributed by atoms with E-state index in [0.717, 1.165) is 0 Å². The molecular formula is C14H24F4O2. The summed E-state index contributed by atoms with van der Waals surface area (Å²) in [6.07, 6.45) is 0.749. The molecule has 2 nitrogen and oxygen atoms in total. The molecule has 0 unspecified atom stereocenters. The van der Waals surface area contributed by atoms with E-state index in [1.165, 1.54) is 0 Å². The van der Waals surface area contributed by atoms with E-state index in [0.29, 0.717) is 19.3 Å². The molecular weight excluding hydrogens is 276 g/mol. The van der Waals surface area contributed by atoms with E-state index < -0.39 is 23.7 Å². The van der Waals surface area contributed by atoms with Gasteiger partial charge in [-0.2, -0.15) is 8.78 Å². The van der Waals surface area contributed by atoms with Crippen molar-refractivity contribution in [3.05, 3.63) is 0 Å². The summed E-state index contributed by atoms with van der Waals surface area (Å²) in [7, 11) is 0. The van der Waals surface area contributed by atoms with Crippen LogP contribution in [0.25, 0.3) is 0 Å². The number of hydrogen-bond donors (Lipinski definition) is 0. The number of esters is 1. The third-order valence-corrected chi connectivity index (χ3v) is 2.87. The van der Waals surface area contributed by atoms with E-state index in [-0.39, 0.29) is 25.9 Å². The second kappa shape index (κ2) is 7.27. The smallest absolute Gasteiger partial charge is 0.311 e. The van der Waals surface area contributed by atoms with Crippen LogP contribution in [0.15, 0.2) is 0 Å². The Morgan fingerprint density at radius 3 is 1.85 bits per heavy atom. The zero-order valence-electron chi connectivity index (χ0n) is 12.6. The fourth-order valence-corrected chi connectivity index (χ4v) is 1.40. The number of rotatable bonds is 8. The van der Waals surface area contributed by atoms with Crippen molar-refractivity contribution >= 4 is 5.97 Å². The largest absolute Gasteiger partial charge is 0.465 e. The van der Waals surface area contributed by atoms with Crippen LogP contribution < -0.4 is 0 Å². The normalized spacial score (nSPS) is 13.4. The van der Waals surface area contributed by atoms with E-state index in [9.17, 15) is 22.4 Å². The molecule has 0 aromatic heterocycles. The molecule has 0 aromatic rings. The van der Waals surface area contributed by atoms with Gasteiger partial charge in [-0.05, 0) is 33.6 Å². The van der Waals surface area contributed by atoms with E-state index >= 15 is 0 Å². The van der Waals surface area contributed by atoms with Crippen LogP contribution >= 0.6 is 0 Å². The first-order valence-electron chi connectivity index (χ1n) is 6.81. The first kappa shape index (κ1) is 19.2. The van der Waals surface area contributed by atoms with Gasteiger partial charge in [0, 0.05) is 13.3 Å². The molecule has 0 amide bonds. The number of unbranched alkanes of at least 4 members (excludes halogenated alkanes) is 3. The SMILES string of the molecule is CC(C)(C)C(=O)OCCCCCCC(F)(F)C(C)(F)F. The highest BCUT2D eigenvalue weighted by Gasteiger charge is 2.51. The maximum Gasteiger partial charge on any atom is 0.311 e. The van der Waals surface area contributed by atoms with Crippen LogP contribution in [0.5, 0.6) is 0 Å². The molecule has 6 heteroatoms. The predicted molar refractivity (Wildman–Crippen MR) is 69.1 cm³/mol. The van der Waals surface area contributed by atoms with Crippen LogP contribution in [-0.2, 0) is 9.53 Å². The maximum atomic E-state index is 12.9. The van der Waals surface area contributed by atoms with Crippen molar-refractivity contribution in [1.82, 2.24) is 0 Å². The van der Waals surface area contributed by atoms with Crippen LogP contribution in [-0.4, -0.2) is 24.4 Å². The summed E-state index contributed by atoms with van der Waals surface area (Å²) in [5, 5.41) is 0. The monoisotopic (exact) mass is 300 g/mol. The lowest BCUT2D eigenvalue weighted by molar-refractivity contribution is -0.201. The zero-order chi connectivity index (χ0) is 16.0. The quantitative estimate of drug-likeness (QED) is 0.365. The molecule has 0 rings (SSSR count). The average Bonchev–Trinajstić information content (AvgIpc) is 2.24. The summed E-state index contributed by atoms with van der Waals surface area (Å²) in [6, 6.07) is 0. The first-order valence-corrected chi connectivity index (χ1v) is 6.81. The Bertz CT molecular complexity index is 303. The number of carbonyl (C=O) groups is 1. The van der Waals surface area contributed by atoms with Crippen LogP contribution in [0.3, 0.4) is 0 Å². The molecule has 0 saturated carbocycles. The van der Waals surface area contributed by atoms with Gasteiger partial charge in [0.15, 0.2) is 0 Å². The Balaban J connectivity index is 3.68. The third-order valence-electron chi connectivity index (χ3n) is 2.87. The van der Waals surface area contributed by atoms with E-state index in [2.05, 4.69) is 0 Å². The van der Waals surface area contributed by atoms with Gasteiger partial charge in [-0.25, -0.2) is 8.78 Å². The predicted octanol–water partition coefficient (Wildman–Crippen LogP) is 4.82. The summed E-state index contributed by atoms with van der Waals surface area (Å²) in [5.41, 5.74) is -0.561. The van der Waals surface area contributed by atoms with E-state index in [1.54, 1.807) is 20.8 Å². The maximum absolute atomic E-state index is 12.9. The summed E-state index contributed by atoms with van der Waals surface area (Å²) >= 11 is 0. The molecule has 0 N–H and O–H groups in total. The van der Waals surface area contributed by atoms with Gasteiger partial charge >= 0.3 is 17.8 Å². The minimum atomic E-state index is -3.98. The van der Waals surface area contributed by atoms with Crippen molar-refractivity contribution in [2.24, 2.45) is 5.41 Å². The summed E-state index contributed by atoms with van der Waals surface area (Å²) < 4.78 is 55.9. The third kappa shape index (κ3) is 7.10. The highest BCUT2D eigenvalue weighted by molar-refractivity contribution is 5.75. The molecule has 0 radical (unpaired) electrons. The number of halogens is 4. The Hall–Kier alpha value is -0.810. The lowest BCUT2D eigenvalue weighted by Gasteiger charge is -2.22. The number of carbonyl (C=O) groups excluding carboxylic acids is 1. The Kier molecular flexibility index (Phi) is 6.98.